The van der Waals surface area contributed by atoms with Crippen molar-refractivity contribution in [1.29, 1.82) is 0 Å². The van der Waals surface area contributed by atoms with Crippen LogP contribution in [-0.2, 0) is 11.3 Å². The SMILES string of the molecule is CNCc1cc(F)cnc1N1CCCC(COC)C1. The molecule has 5 heteroatoms. The number of aromatic nitrogens is 1. The molecule has 0 radical (unpaired) electrons. The third-order valence-corrected chi connectivity index (χ3v) is 3.50. The third kappa shape index (κ3) is 3.64. The van der Waals surface area contributed by atoms with Crippen LogP contribution in [0.1, 0.15) is 18.4 Å². The van der Waals surface area contributed by atoms with Gasteiger partial charge in [-0.05, 0) is 31.9 Å². The van der Waals surface area contributed by atoms with Gasteiger partial charge in [-0.1, -0.05) is 0 Å². The average molecular weight is 267 g/mol. The lowest BCUT2D eigenvalue weighted by molar-refractivity contribution is 0.143. The minimum absolute atomic E-state index is 0.278. The Morgan fingerprint density at radius 1 is 1.58 bits per heavy atom. The molecule has 1 aliphatic rings. The van der Waals surface area contributed by atoms with Crippen LogP contribution in [0, 0.1) is 11.7 Å². The van der Waals surface area contributed by atoms with E-state index in [0.717, 1.165) is 37.5 Å². The van der Waals surface area contributed by atoms with Gasteiger partial charge in [0.25, 0.3) is 0 Å². The molecule has 2 heterocycles. The Bertz CT molecular complexity index is 412. The molecule has 1 aliphatic heterocycles. The smallest absolute Gasteiger partial charge is 0.141 e. The molecule has 1 N–H and O–H groups in total. The van der Waals surface area contributed by atoms with E-state index in [4.69, 9.17) is 4.74 Å². The van der Waals surface area contributed by atoms with Crippen molar-refractivity contribution in [2.24, 2.45) is 5.92 Å². The lowest BCUT2D eigenvalue weighted by atomic mass is 9.98. The molecule has 0 aliphatic carbocycles. The number of hydrogen-bond donors (Lipinski definition) is 1. The maximum Gasteiger partial charge on any atom is 0.141 e. The van der Waals surface area contributed by atoms with Gasteiger partial charge in [-0.15, -0.1) is 0 Å². The Kier molecular flexibility index (Phi) is 5.10. The van der Waals surface area contributed by atoms with Crippen LogP contribution in [0.25, 0.3) is 0 Å². The first kappa shape index (κ1) is 14.2. The highest BCUT2D eigenvalue weighted by atomic mass is 19.1. The first-order valence-corrected chi connectivity index (χ1v) is 6.77. The zero-order valence-corrected chi connectivity index (χ0v) is 11.7. The van der Waals surface area contributed by atoms with E-state index < -0.39 is 0 Å². The predicted octanol–water partition coefficient (Wildman–Crippen LogP) is 1.80. The van der Waals surface area contributed by atoms with E-state index in [2.05, 4.69) is 15.2 Å². The summed E-state index contributed by atoms with van der Waals surface area (Å²) in [6, 6.07) is 1.57. The van der Waals surface area contributed by atoms with Gasteiger partial charge in [-0.2, -0.15) is 0 Å². The number of methoxy groups -OCH3 is 1. The fraction of sp³-hybridized carbons (Fsp3) is 0.643. The van der Waals surface area contributed by atoms with Crippen LogP contribution in [0.2, 0.25) is 0 Å². The molecule has 0 spiro atoms. The molecule has 1 fully saturated rings. The number of halogens is 1. The highest BCUT2D eigenvalue weighted by Crippen LogP contribution is 2.25. The van der Waals surface area contributed by atoms with Gasteiger partial charge in [-0.25, -0.2) is 9.37 Å². The molecule has 106 valence electrons. The largest absolute Gasteiger partial charge is 0.384 e. The Morgan fingerprint density at radius 2 is 2.42 bits per heavy atom. The van der Waals surface area contributed by atoms with E-state index in [-0.39, 0.29) is 5.82 Å². The van der Waals surface area contributed by atoms with Crippen molar-refractivity contribution in [1.82, 2.24) is 10.3 Å². The maximum atomic E-state index is 13.3. The van der Waals surface area contributed by atoms with Crippen molar-refractivity contribution in [3.63, 3.8) is 0 Å². The van der Waals surface area contributed by atoms with Crippen LogP contribution in [0.5, 0.6) is 0 Å². The molecule has 1 aromatic rings. The van der Waals surface area contributed by atoms with E-state index >= 15 is 0 Å². The van der Waals surface area contributed by atoms with Gasteiger partial charge in [0.05, 0.1) is 12.8 Å². The second-order valence-corrected chi connectivity index (χ2v) is 5.08. The predicted molar refractivity (Wildman–Crippen MR) is 73.8 cm³/mol. The van der Waals surface area contributed by atoms with Crippen LogP contribution < -0.4 is 10.2 Å². The number of hydrogen-bond acceptors (Lipinski definition) is 4. The third-order valence-electron chi connectivity index (χ3n) is 3.50. The molecule has 4 nitrogen and oxygen atoms in total. The van der Waals surface area contributed by atoms with E-state index in [1.807, 2.05) is 7.05 Å². The number of ether oxygens (including phenoxy) is 1. The van der Waals surface area contributed by atoms with Crippen molar-refractivity contribution in [2.45, 2.75) is 19.4 Å². The van der Waals surface area contributed by atoms with Gasteiger partial charge in [0, 0.05) is 32.3 Å². The molecule has 2 rings (SSSR count). The van der Waals surface area contributed by atoms with Gasteiger partial charge >= 0.3 is 0 Å². The van der Waals surface area contributed by atoms with Crippen LogP contribution >= 0.6 is 0 Å². The lowest BCUT2D eigenvalue weighted by Crippen LogP contribution is -2.38. The number of nitrogens with zero attached hydrogens (tertiary/aromatic N) is 2. The maximum absolute atomic E-state index is 13.3. The van der Waals surface area contributed by atoms with Crippen LogP contribution in [0.15, 0.2) is 12.3 Å². The van der Waals surface area contributed by atoms with Crippen molar-refractivity contribution in [3.8, 4) is 0 Å². The minimum atomic E-state index is -0.278. The van der Waals surface area contributed by atoms with Gasteiger partial charge < -0.3 is 15.0 Å². The minimum Gasteiger partial charge on any atom is -0.384 e. The van der Waals surface area contributed by atoms with Crippen LogP contribution in [0.4, 0.5) is 10.2 Å². The Balaban J connectivity index is 2.15. The van der Waals surface area contributed by atoms with Crippen molar-refractivity contribution < 1.29 is 9.13 Å². The molecule has 19 heavy (non-hydrogen) atoms. The zero-order valence-electron chi connectivity index (χ0n) is 11.7. The number of piperidine rings is 1. The molecular weight excluding hydrogens is 245 g/mol. The van der Waals surface area contributed by atoms with Crippen molar-refractivity contribution >= 4 is 5.82 Å². The standard InChI is InChI=1S/C14H22FN3O/c1-16-7-12-6-13(15)8-17-14(12)18-5-3-4-11(9-18)10-19-2/h6,8,11,16H,3-5,7,9-10H2,1-2H3. The topological polar surface area (TPSA) is 37.4 Å². The van der Waals surface area contributed by atoms with Crippen LogP contribution in [0.3, 0.4) is 0 Å². The normalized spacial score (nSPS) is 19.7. The molecular formula is C14H22FN3O. The van der Waals surface area contributed by atoms with Crippen molar-refractivity contribution in [3.05, 3.63) is 23.6 Å². The highest BCUT2D eigenvalue weighted by molar-refractivity contribution is 5.47. The molecule has 0 saturated carbocycles. The quantitative estimate of drug-likeness (QED) is 0.883. The number of rotatable bonds is 5. The number of pyridine rings is 1. The van der Waals surface area contributed by atoms with E-state index in [1.165, 1.54) is 12.6 Å². The zero-order chi connectivity index (χ0) is 13.7. The first-order valence-electron chi connectivity index (χ1n) is 6.77. The molecule has 1 aromatic heterocycles. The monoisotopic (exact) mass is 267 g/mol. The Labute approximate surface area is 114 Å². The Hall–Kier alpha value is -1.20. The summed E-state index contributed by atoms with van der Waals surface area (Å²) in [5.41, 5.74) is 0.917. The fourth-order valence-corrected chi connectivity index (χ4v) is 2.71. The molecule has 0 aromatic carbocycles. The summed E-state index contributed by atoms with van der Waals surface area (Å²) in [4.78, 5) is 6.53. The summed E-state index contributed by atoms with van der Waals surface area (Å²) in [6.45, 7) is 3.32. The molecule has 0 bridgehead atoms. The molecule has 1 saturated heterocycles. The van der Waals surface area contributed by atoms with Gasteiger partial charge in [0.15, 0.2) is 0 Å². The summed E-state index contributed by atoms with van der Waals surface area (Å²) < 4.78 is 18.5. The van der Waals surface area contributed by atoms with Gasteiger partial charge in [0.1, 0.15) is 11.6 Å². The molecule has 0 amide bonds. The summed E-state index contributed by atoms with van der Waals surface area (Å²) in [7, 11) is 3.60. The summed E-state index contributed by atoms with van der Waals surface area (Å²) in [6.07, 6.45) is 3.62. The molecule has 1 atom stereocenters. The van der Waals surface area contributed by atoms with Crippen molar-refractivity contribution in [2.75, 3.05) is 38.8 Å². The molecule has 1 unspecified atom stereocenters. The lowest BCUT2D eigenvalue weighted by Gasteiger charge is -2.34. The average Bonchev–Trinajstić information content (AvgIpc) is 2.40. The summed E-state index contributed by atoms with van der Waals surface area (Å²) >= 11 is 0. The summed E-state index contributed by atoms with van der Waals surface area (Å²) in [5, 5.41) is 3.07. The number of nitrogens with one attached hydrogen (secondary N) is 1. The van der Waals surface area contributed by atoms with E-state index in [1.54, 1.807) is 13.2 Å². The van der Waals surface area contributed by atoms with Gasteiger partial charge in [0.2, 0.25) is 0 Å². The second kappa shape index (κ2) is 6.82. The van der Waals surface area contributed by atoms with E-state index in [0.29, 0.717) is 12.5 Å². The van der Waals surface area contributed by atoms with E-state index in [9.17, 15) is 4.39 Å². The second-order valence-electron chi connectivity index (χ2n) is 5.08. The van der Waals surface area contributed by atoms with Gasteiger partial charge in [-0.3, -0.25) is 0 Å². The number of anilines is 1. The Morgan fingerprint density at radius 3 is 3.16 bits per heavy atom. The van der Waals surface area contributed by atoms with Crippen LogP contribution in [-0.4, -0.2) is 38.8 Å². The fourth-order valence-electron chi connectivity index (χ4n) is 2.71. The highest BCUT2D eigenvalue weighted by Gasteiger charge is 2.22. The first-order chi connectivity index (χ1) is 9.24. The summed E-state index contributed by atoms with van der Waals surface area (Å²) in [5.74, 6) is 1.16.